The van der Waals surface area contributed by atoms with Crippen molar-refractivity contribution in [1.29, 1.82) is 0 Å². The minimum atomic E-state index is -0.252. The number of nitrogens with one attached hydrogen (secondary N) is 1. The highest BCUT2D eigenvalue weighted by atomic mass is 79.9. The quantitative estimate of drug-likeness (QED) is 0.579. The average molecular weight is 431 g/mol. The van der Waals surface area contributed by atoms with Gasteiger partial charge in [-0.05, 0) is 50.6 Å². The first kappa shape index (κ1) is 19.8. The highest BCUT2D eigenvalue weighted by Crippen LogP contribution is 2.28. The second-order valence-electron chi connectivity index (χ2n) is 5.66. The number of hydrogen-bond donors (Lipinski definition) is 1. The van der Waals surface area contributed by atoms with E-state index in [1.165, 1.54) is 0 Å². The molecule has 0 saturated heterocycles. The van der Waals surface area contributed by atoms with Gasteiger partial charge in [0, 0.05) is 17.6 Å². The molecule has 1 aromatic heterocycles. The van der Waals surface area contributed by atoms with Crippen LogP contribution in [0.5, 0.6) is 5.75 Å². The molecule has 0 bridgehead atoms. The summed E-state index contributed by atoms with van der Waals surface area (Å²) in [6.07, 6.45) is 0.949. The molecule has 0 spiro atoms. The molecule has 7 heteroatoms. The molecule has 0 unspecified atom stereocenters. The number of amides is 1. The summed E-state index contributed by atoms with van der Waals surface area (Å²) in [5.74, 6) is 1.10. The normalized spacial score (nSPS) is 10.9. The molecule has 0 radical (unpaired) electrons. The van der Waals surface area contributed by atoms with E-state index in [0.717, 1.165) is 10.9 Å². The van der Waals surface area contributed by atoms with Gasteiger partial charge in [0.2, 0.25) is 0 Å². The van der Waals surface area contributed by atoms with Gasteiger partial charge in [-0.25, -0.2) is 0 Å². The molecular formula is C18H21BrClNO4. The summed E-state index contributed by atoms with van der Waals surface area (Å²) in [5.41, 5.74) is 0. The van der Waals surface area contributed by atoms with Gasteiger partial charge in [-0.3, -0.25) is 4.79 Å². The third kappa shape index (κ3) is 6.72. The van der Waals surface area contributed by atoms with Crippen molar-refractivity contribution < 1.29 is 18.7 Å². The van der Waals surface area contributed by atoms with Crippen LogP contribution in [-0.4, -0.2) is 25.2 Å². The smallest absolute Gasteiger partial charge is 0.286 e. The molecule has 0 aliphatic heterocycles. The maximum Gasteiger partial charge on any atom is 0.286 e. The van der Waals surface area contributed by atoms with Crippen molar-refractivity contribution in [1.82, 2.24) is 5.32 Å². The number of halogens is 2. The van der Waals surface area contributed by atoms with E-state index in [9.17, 15) is 4.79 Å². The van der Waals surface area contributed by atoms with Crippen LogP contribution in [0, 0.1) is 0 Å². The lowest BCUT2D eigenvalue weighted by Crippen LogP contribution is -2.25. The highest BCUT2D eigenvalue weighted by molar-refractivity contribution is 9.10. The molecule has 1 N–H and O–H groups in total. The van der Waals surface area contributed by atoms with Gasteiger partial charge in [0.15, 0.2) is 5.76 Å². The summed E-state index contributed by atoms with van der Waals surface area (Å²) >= 11 is 9.43. The summed E-state index contributed by atoms with van der Waals surface area (Å²) in [6, 6.07) is 8.69. The first-order valence-electron chi connectivity index (χ1n) is 8.02. The molecule has 1 heterocycles. The number of rotatable bonds is 9. The fourth-order valence-corrected chi connectivity index (χ4v) is 2.73. The van der Waals surface area contributed by atoms with Crippen molar-refractivity contribution in [3.8, 4) is 5.75 Å². The molecule has 5 nitrogen and oxygen atoms in total. The van der Waals surface area contributed by atoms with Crippen LogP contribution in [0.15, 0.2) is 39.2 Å². The SMILES string of the molecule is CC(C)OCCCNC(=O)c1ccc(COc2ccc(Br)cc2Cl)o1. The van der Waals surface area contributed by atoms with Crippen LogP contribution in [0.1, 0.15) is 36.6 Å². The molecular weight excluding hydrogens is 410 g/mol. The van der Waals surface area contributed by atoms with Gasteiger partial charge < -0.3 is 19.2 Å². The van der Waals surface area contributed by atoms with Gasteiger partial charge >= 0.3 is 0 Å². The Kier molecular flexibility index (Phi) is 7.81. The van der Waals surface area contributed by atoms with Crippen LogP contribution in [0.25, 0.3) is 0 Å². The number of ether oxygens (including phenoxy) is 2. The number of furan rings is 1. The largest absolute Gasteiger partial charge is 0.484 e. The Hall–Kier alpha value is -1.50. The summed E-state index contributed by atoms with van der Waals surface area (Å²) in [7, 11) is 0. The van der Waals surface area contributed by atoms with E-state index in [1.54, 1.807) is 24.3 Å². The lowest BCUT2D eigenvalue weighted by Gasteiger charge is -2.07. The first-order valence-corrected chi connectivity index (χ1v) is 9.19. The molecule has 136 valence electrons. The third-order valence-corrected chi connectivity index (χ3v) is 4.00. The van der Waals surface area contributed by atoms with Crippen molar-refractivity contribution in [2.24, 2.45) is 0 Å². The van der Waals surface area contributed by atoms with Crippen molar-refractivity contribution in [3.63, 3.8) is 0 Å². The van der Waals surface area contributed by atoms with Crippen molar-refractivity contribution >= 4 is 33.4 Å². The van der Waals surface area contributed by atoms with E-state index in [4.69, 9.17) is 25.5 Å². The number of hydrogen-bond acceptors (Lipinski definition) is 4. The maximum absolute atomic E-state index is 12.0. The lowest BCUT2D eigenvalue weighted by molar-refractivity contribution is 0.0753. The lowest BCUT2D eigenvalue weighted by atomic mass is 10.3. The fraction of sp³-hybridized carbons (Fsp3) is 0.389. The van der Waals surface area contributed by atoms with Gasteiger partial charge in [-0.15, -0.1) is 0 Å². The molecule has 0 atom stereocenters. The molecule has 0 aliphatic rings. The van der Waals surface area contributed by atoms with Crippen molar-refractivity contribution in [2.75, 3.05) is 13.2 Å². The van der Waals surface area contributed by atoms with Gasteiger partial charge in [0.25, 0.3) is 5.91 Å². The summed E-state index contributed by atoms with van der Waals surface area (Å²) in [4.78, 5) is 12.0. The van der Waals surface area contributed by atoms with Gasteiger partial charge in [-0.1, -0.05) is 27.5 Å². The van der Waals surface area contributed by atoms with Crippen LogP contribution in [-0.2, 0) is 11.3 Å². The Labute approximate surface area is 160 Å². The van der Waals surface area contributed by atoms with Crippen LogP contribution in [0.4, 0.5) is 0 Å². The molecule has 2 aromatic rings. The van der Waals surface area contributed by atoms with Gasteiger partial charge in [0.05, 0.1) is 11.1 Å². The Morgan fingerprint density at radius 1 is 1.32 bits per heavy atom. The minimum absolute atomic E-state index is 0.191. The zero-order valence-electron chi connectivity index (χ0n) is 14.2. The Morgan fingerprint density at radius 2 is 2.12 bits per heavy atom. The van der Waals surface area contributed by atoms with E-state index >= 15 is 0 Å². The molecule has 2 rings (SSSR count). The van der Waals surface area contributed by atoms with E-state index < -0.39 is 0 Å². The maximum atomic E-state index is 12.0. The zero-order valence-corrected chi connectivity index (χ0v) is 16.5. The summed E-state index contributed by atoms with van der Waals surface area (Å²) in [6.45, 7) is 5.30. The van der Waals surface area contributed by atoms with E-state index in [1.807, 2.05) is 19.9 Å². The molecule has 25 heavy (non-hydrogen) atoms. The minimum Gasteiger partial charge on any atom is -0.484 e. The average Bonchev–Trinajstić information content (AvgIpc) is 3.02. The molecule has 0 fully saturated rings. The molecule has 1 amide bonds. The summed E-state index contributed by atoms with van der Waals surface area (Å²) in [5, 5.41) is 3.30. The van der Waals surface area contributed by atoms with Crippen LogP contribution < -0.4 is 10.1 Å². The highest BCUT2D eigenvalue weighted by Gasteiger charge is 2.11. The number of carbonyl (C=O) groups is 1. The standard InChI is InChI=1S/C18H21BrClNO4/c1-12(2)23-9-3-8-21-18(22)17-7-5-14(25-17)11-24-16-6-4-13(19)10-15(16)20/h4-7,10,12H,3,8-9,11H2,1-2H3,(H,21,22). The van der Waals surface area contributed by atoms with Gasteiger partial charge in [-0.2, -0.15) is 0 Å². The van der Waals surface area contributed by atoms with E-state index in [0.29, 0.717) is 29.7 Å². The van der Waals surface area contributed by atoms with E-state index in [2.05, 4.69) is 21.2 Å². The predicted molar refractivity (Wildman–Crippen MR) is 100 cm³/mol. The van der Waals surface area contributed by atoms with E-state index in [-0.39, 0.29) is 24.4 Å². The first-order chi connectivity index (χ1) is 12.0. The third-order valence-electron chi connectivity index (χ3n) is 3.21. The monoisotopic (exact) mass is 429 g/mol. The Balaban J connectivity index is 1.78. The topological polar surface area (TPSA) is 60.7 Å². The predicted octanol–water partition coefficient (Wildman–Crippen LogP) is 4.82. The fourth-order valence-electron chi connectivity index (χ4n) is 2.00. The van der Waals surface area contributed by atoms with Crippen molar-refractivity contribution in [2.45, 2.75) is 33.0 Å². The van der Waals surface area contributed by atoms with Crippen LogP contribution in [0.2, 0.25) is 5.02 Å². The number of benzene rings is 1. The van der Waals surface area contributed by atoms with Crippen LogP contribution in [0.3, 0.4) is 0 Å². The van der Waals surface area contributed by atoms with Crippen molar-refractivity contribution in [3.05, 3.63) is 51.3 Å². The molecule has 0 saturated carbocycles. The summed E-state index contributed by atoms with van der Waals surface area (Å²) < 4.78 is 17.4. The second kappa shape index (κ2) is 9.85. The van der Waals surface area contributed by atoms with Gasteiger partial charge in [0.1, 0.15) is 18.1 Å². The number of carbonyl (C=O) groups excluding carboxylic acids is 1. The molecule has 1 aromatic carbocycles. The van der Waals surface area contributed by atoms with Crippen LogP contribution >= 0.6 is 27.5 Å². The Bertz CT molecular complexity index is 702. The Morgan fingerprint density at radius 3 is 2.84 bits per heavy atom. The second-order valence-corrected chi connectivity index (χ2v) is 6.98. The zero-order chi connectivity index (χ0) is 18.2. The molecule has 0 aliphatic carbocycles.